The fourth-order valence-electron chi connectivity index (χ4n) is 3.19. The summed E-state index contributed by atoms with van der Waals surface area (Å²) in [5.41, 5.74) is 2.59. The monoisotopic (exact) mass is 404 g/mol. The van der Waals surface area contributed by atoms with E-state index < -0.39 is 11.7 Å². The van der Waals surface area contributed by atoms with Crippen molar-refractivity contribution in [2.75, 3.05) is 0 Å². The van der Waals surface area contributed by atoms with Crippen LogP contribution in [0.4, 0.5) is 5.69 Å². The highest BCUT2D eigenvalue weighted by Gasteiger charge is 2.22. The second-order valence-electron chi connectivity index (χ2n) is 6.37. The number of imidazole rings is 1. The SMILES string of the molecule is N#Cc1ccc(C(C=O)n2c(O)c(C=C3C=Nc4cc(Cl)ccc43)[nH]c2=O)cc1. The zero-order valence-corrected chi connectivity index (χ0v) is 15.6. The molecule has 2 N–H and O–H groups in total. The molecule has 3 aromatic rings. The van der Waals surface area contributed by atoms with Gasteiger partial charge in [0.25, 0.3) is 0 Å². The number of nitrogens with one attached hydrogen (secondary N) is 1. The van der Waals surface area contributed by atoms with Crippen molar-refractivity contribution in [3.63, 3.8) is 0 Å². The molecule has 0 fully saturated rings. The number of rotatable bonds is 4. The predicted molar refractivity (Wildman–Crippen MR) is 110 cm³/mol. The molecule has 7 nitrogen and oxygen atoms in total. The van der Waals surface area contributed by atoms with Crippen LogP contribution in [-0.4, -0.2) is 27.2 Å². The lowest BCUT2D eigenvalue weighted by molar-refractivity contribution is -0.109. The van der Waals surface area contributed by atoms with Gasteiger partial charge in [-0.15, -0.1) is 0 Å². The number of nitriles is 1. The highest BCUT2D eigenvalue weighted by atomic mass is 35.5. The normalized spacial score (nSPS) is 14.6. The molecule has 29 heavy (non-hydrogen) atoms. The van der Waals surface area contributed by atoms with Crippen molar-refractivity contribution in [3.05, 3.63) is 80.4 Å². The maximum Gasteiger partial charge on any atom is 0.329 e. The molecule has 2 aromatic carbocycles. The molecule has 1 aliphatic rings. The second kappa shape index (κ2) is 7.26. The first-order valence-corrected chi connectivity index (χ1v) is 8.94. The van der Waals surface area contributed by atoms with E-state index in [0.717, 1.165) is 10.1 Å². The number of aliphatic imine (C=N–C) groups is 1. The predicted octanol–water partition coefficient (Wildman–Crippen LogP) is 3.45. The molecule has 1 unspecified atom stereocenters. The van der Waals surface area contributed by atoms with Crippen LogP contribution in [0.5, 0.6) is 5.88 Å². The number of aromatic hydroxyl groups is 1. The first-order chi connectivity index (χ1) is 14.0. The van der Waals surface area contributed by atoms with E-state index in [1.807, 2.05) is 6.07 Å². The third kappa shape index (κ3) is 3.26. The van der Waals surface area contributed by atoms with Crippen molar-refractivity contribution in [1.82, 2.24) is 9.55 Å². The molecule has 0 bridgehead atoms. The summed E-state index contributed by atoms with van der Waals surface area (Å²) in [7, 11) is 0. The van der Waals surface area contributed by atoms with Gasteiger partial charge < -0.3 is 14.9 Å². The number of aromatic amines is 1. The average Bonchev–Trinajstić information content (AvgIpc) is 3.24. The van der Waals surface area contributed by atoms with Crippen molar-refractivity contribution < 1.29 is 9.90 Å². The van der Waals surface area contributed by atoms with Gasteiger partial charge in [0.05, 0.1) is 17.3 Å². The lowest BCUT2D eigenvalue weighted by atomic mass is 10.1. The van der Waals surface area contributed by atoms with Crippen LogP contribution in [0.3, 0.4) is 0 Å². The molecule has 2 heterocycles. The van der Waals surface area contributed by atoms with Crippen LogP contribution in [0, 0.1) is 11.3 Å². The highest BCUT2D eigenvalue weighted by Crippen LogP contribution is 2.35. The van der Waals surface area contributed by atoms with Gasteiger partial charge in [0.15, 0.2) is 0 Å². The highest BCUT2D eigenvalue weighted by molar-refractivity contribution is 6.31. The summed E-state index contributed by atoms with van der Waals surface area (Å²) in [6, 6.07) is 12.4. The van der Waals surface area contributed by atoms with Crippen molar-refractivity contribution in [3.8, 4) is 11.9 Å². The van der Waals surface area contributed by atoms with Crippen LogP contribution >= 0.6 is 11.6 Å². The Bertz CT molecular complexity index is 1280. The molecular formula is C21H13ClN4O3. The van der Waals surface area contributed by atoms with E-state index in [9.17, 15) is 14.7 Å². The van der Waals surface area contributed by atoms with Gasteiger partial charge in [-0.3, -0.25) is 4.99 Å². The smallest absolute Gasteiger partial charge is 0.329 e. The Labute approximate surface area is 169 Å². The number of hydrogen-bond acceptors (Lipinski definition) is 5. The van der Waals surface area contributed by atoms with Gasteiger partial charge in [-0.1, -0.05) is 29.8 Å². The number of fused-ring (bicyclic) bond motifs is 1. The van der Waals surface area contributed by atoms with Gasteiger partial charge in [0.2, 0.25) is 5.88 Å². The lowest BCUT2D eigenvalue weighted by Gasteiger charge is -2.12. The van der Waals surface area contributed by atoms with E-state index in [0.29, 0.717) is 33.7 Å². The second-order valence-corrected chi connectivity index (χ2v) is 6.81. The summed E-state index contributed by atoms with van der Waals surface area (Å²) in [4.78, 5) is 31.0. The van der Waals surface area contributed by atoms with Gasteiger partial charge >= 0.3 is 5.69 Å². The van der Waals surface area contributed by atoms with Crippen LogP contribution in [0.25, 0.3) is 11.6 Å². The van der Waals surface area contributed by atoms with Gasteiger partial charge in [-0.05, 0) is 35.9 Å². The number of aromatic nitrogens is 2. The summed E-state index contributed by atoms with van der Waals surface area (Å²) in [5.74, 6) is -0.375. The van der Waals surface area contributed by atoms with Crippen LogP contribution in [-0.2, 0) is 4.79 Å². The van der Waals surface area contributed by atoms with Gasteiger partial charge in [0.1, 0.15) is 18.0 Å². The number of nitrogens with zero attached hydrogens (tertiary/aromatic N) is 3. The molecule has 0 aliphatic carbocycles. The van der Waals surface area contributed by atoms with E-state index >= 15 is 0 Å². The minimum absolute atomic E-state index is 0.153. The van der Waals surface area contributed by atoms with Crippen LogP contribution < -0.4 is 5.69 Å². The largest absolute Gasteiger partial charge is 0.493 e. The number of halogens is 1. The Kier molecular flexibility index (Phi) is 4.63. The molecule has 142 valence electrons. The Morgan fingerprint density at radius 1 is 1.24 bits per heavy atom. The quantitative estimate of drug-likeness (QED) is 0.648. The lowest BCUT2D eigenvalue weighted by Crippen LogP contribution is -2.23. The molecule has 0 spiro atoms. The maximum absolute atomic E-state index is 12.5. The van der Waals surface area contributed by atoms with Crippen molar-refractivity contribution >= 4 is 41.4 Å². The fourth-order valence-corrected chi connectivity index (χ4v) is 3.36. The van der Waals surface area contributed by atoms with Crippen molar-refractivity contribution in [2.45, 2.75) is 6.04 Å². The van der Waals surface area contributed by atoms with Gasteiger partial charge in [-0.2, -0.15) is 5.26 Å². The number of carbonyl (C=O) groups is 1. The molecular weight excluding hydrogens is 392 g/mol. The summed E-state index contributed by atoms with van der Waals surface area (Å²) >= 11 is 5.97. The van der Waals surface area contributed by atoms with E-state index in [1.165, 1.54) is 0 Å². The third-order valence-electron chi connectivity index (χ3n) is 4.63. The Morgan fingerprint density at radius 3 is 2.69 bits per heavy atom. The van der Waals surface area contributed by atoms with E-state index in [-0.39, 0.29) is 11.6 Å². The van der Waals surface area contributed by atoms with Gasteiger partial charge in [0, 0.05) is 22.4 Å². The maximum atomic E-state index is 12.5. The number of hydrogen-bond donors (Lipinski definition) is 2. The number of allylic oxidation sites excluding steroid dienone is 1. The molecule has 0 amide bonds. The van der Waals surface area contributed by atoms with Crippen molar-refractivity contribution in [1.29, 1.82) is 5.26 Å². The summed E-state index contributed by atoms with van der Waals surface area (Å²) < 4.78 is 0.968. The zero-order valence-electron chi connectivity index (χ0n) is 14.8. The summed E-state index contributed by atoms with van der Waals surface area (Å²) in [6.07, 6.45) is 3.74. The molecule has 1 atom stereocenters. The summed E-state index contributed by atoms with van der Waals surface area (Å²) in [6.45, 7) is 0. The van der Waals surface area contributed by atoms with Crippen LogP contribution in [0.15, 0.2) is 52.3 Å². The zero-order chi connectivity index (χ0) is 20.5. The number of H-pyrrole nitrogens is 1. The topological polar surface area (TPSA) is 111 Å². The summed E-state index contributed by atoms with van der Waals surface area (Å²) in [5, 5.41) is 20.1. The molecule has 4 rings (SSSR count). The first-order valence-electron chi connectivity index (χ1n) is 8.56. The number of benzene rings is 2. The molecule has 1 aliphatic heterocycles. The number of carbonyl (C=O) groups excluding carboxylic acids is 1. The molecule has 0 radical (unpaired) electrons. The Morgan fingerprint density at radius 2 is 2.00 bits per heavy atom. The molecule has 1 aromatic heterocycles. The fraction of sp³-hybridized carbons (Fsp3) is 0.0476. The van der Waals surface area contributed by atoms with Crippen molar-refractivity contribution in [2.24, 2.45) is 4.99 Å². The number of aldehydes is 1. The Hall–Kier alpha value is -3.89. The van der Waals surface area contributed by atoms with E-state index in [1.54, 1.807) is 54.8 Å². The minimum Gasteiger partial charge on any atom is -0.493 e. The first kappa shape index (κ1) is 18.5. The molecule has 0 saturated heterocycles. The van der Waals surface area contributed by atoms with Crippen LogP contribution in [0.2, 0.25) is 5.02 Å². The van der Waals surface area contributed by atoms with Crippen LogP contribution in [0.1, 0.15) is 28.4 Å². The minimum atomic E-state index is -1.04. The molecule has 8 heteroatoms. The van der Waals surface area contributed by atoms with E-state index in [2.05, 4.69) is 9.98 Å². The average molecular weight is 405 g/mol. The van der Waals surface area contributed by atoms with Gasteiger partial charge in [-0.25, -0.2) is 9.36 Å². The van der Waals surface area contributed by atoms with E-state index in [4.69, 9.17) is 16.9 Å². The molecule has 0 saturated carbocycles. The standard InChI is InChI=1S/C21H13ClN4O3/c22-15-5-6-16-14(10-24-17(16)8-15)7-18-20(28)26(21(29)25-18)19(11-27)13-3-1-12(9-23)2-4-13/h1-8,10-11,19,28H,(H,25,29). The third-order valence-corrected chi connectivity index (χ3v) is 4.87. The Balaban J connectivity index is 1.76.